The first kappa shape index (κ1) is 13.4. The molecule has 0 spiro atoms. The van der Waals surface area contributed by atoms with Crippen molar-refractivity contribution < 1.29 is 0 Å². The summed E-state index contributed by atoms with van der Waals surface area (Å²) in [6.07, 6.45) is 7.02. The second kappa shape index (κ2) is 6.81. The highest BCUT2D eigenvalue weighted by atomic mass is 35.5. The molecule has 0 aliphatic heterocycles. The van der Waals surface area contributed by atoms with Crippen LogP contribution in [0.5, 0.6) is 0 Å². The van der Waals surface area contributed by atoms with Crippen molar-refractivity contribution in [3.63, 3.8) is 0 Å². The molecule has 1 aromatic carbocycles. The smallest absolute Gasteiger partial charge is 0.0637 e. The van der Waals surface area contributed by atoms with Gasteiger partial charge in [-0.05, 0) is 18.1 Å². The Kier molecular flexibility index (Phi) is 5.69. The van der Waals surface area contributed by atoms with E-state index in [1.165, 1.54) is 0 Å². The van der Waals surface area contributed by atoms with Crippen LogP contribution in [0.15, 0.2) is 18.2 Å². The predicted octanol–water partition coefficient (Wildman–Crippen LogP) is 3.88. The third-order valence-electron chi connectivity index (χ3n) is 2.47. The van der Waals surface area contributed by atoms with Gasteiger partial charge in [0.1, 0.15) is 0 Å². The fraction of sp³-hybridized carbons (Fsp3) is 0.385. The van der Waals surface area contributed by atoms with Crippen LogP contribution >= 0.6 is 23.2 Å². The quantitative estimate of drug-likeness (QED) is 0.788. The molecule has 0 amide bonds. The van der Waals surface area contributed by atoms with E-state index in [0.717, 1.165) is 18.4 Å². The fourth-order valence-corrected chi connectivity index (χ4v) is 1.83. The second-order valence-corrected chi connectivity index (χ2v) is 4.39. The molecule has 0 aliphatic rings. The molecular formula is C13H15Cl2N. The minimum absolute atomic E-state index is 0.333. The summed E-state index contributed by atoms with van der Waals surface area (Å²) in [7, 11) is 0. The zero-order valence-electron chi connectivity index (χ0n) is 9.26. The van der Waals surface area contributed by atoms with Crippen LogP contribution in [0.2, 0.25) is 10.0 Å². The number of nitrogens with one attached hydrogen (secondary N) is 1. The number of rotatable bonds is 5. The topological polar surface area (TPSA) is 12.0 Å². The Hall–Kier alpha value is -0.680. The number of hydrogen-bond acceptors (Lipinski definition) is 1. The van der Waals surface area contributed by atoms with Gasteiger partial charge in [0, 0.05) is 19.0 Å². The first-order chi connectivity index (χ1) is 7.69. The lowest BCUT2D eigenvalue weighted by Crippen LogP contribution is -2.27. The molecule has 0 radical (unpaired) electrons. The van der Waals surface area contributed by atoms with Crippen LogP contribution in [0.4, 0.5) is 0 Å². The molecule has 1 unspecified atom stereocenters. The summed E-state index contributed by atoms with van der Waals surface area (Å²) in [5.74, 6) is 2.66. The minimum Gasteiger partial charge on any atom is -0.309 e. The first-order valence-corrected chi connectivity index (χ1v) is 6.04. The van der Waals surface area contributed by atoms with Gasteiger partial charge in [-0.3, -0.25) is 0 Å². The van der Waals surface area contributed by atoms with Gasteiger partial charge in [-0.2, -0.15) is 0 Å². The summed E-state index contributed by atoms with van der Waals surface area (Å²) >= 11 is 12.0. The van der Waals surface area contributed by atoms with E-state index in [9.17, 15) is 0 Å². The van der Waals surface area contributed by atoms with Gasteiger partial charge in [-0.15, -0.1) is 12.3 Å². The SMILES string of the molecule is C#CCC(CC)NCc1cccc(Cl)c1Cl. The lowest BCUT2D eigenvalue weighted by Gasteiger charge is -2.15. The van der Waals surface area contributed by atoms with Crippen LogP contribution in [-0.4, -0.2) is 6.04 Å². The number of halogens is 2. The molecule has 1 nitrogen and oxygen atoms in total. The van der Waals surface area contributed by atoms with E-state index in [2.05, 4.69) is 18.2 Å². The fourth-order valence-electron chi connectivity index (χ4n) is 1.44. The van der Waals surface area contributed by atoms with E-state index in [0.29, 0.717) is 22.6 Å². The van der Waals surface area contributed by atoms with Crippen molar-refractivity contribution in [1.29, 1.82) is 0 Å². The summed E-state index contributed by atoms with van der Waals surface area (Å²) in [5.41, 5.74) is 1.00. The van der Waals surface area contributed by atoms with E-state index >= 15 is 0 Å². The standard InChI is InChI=1S/C13H15Cl2N/c1-3-6-11(4-2)16-9-10-7-5-8-12(14)13(10)15/h1,5,7-8,11,16H,4,6,9H2,2H3. The summed E-state index contributed by atoms with van der Waals surface area (Å²) in [6.45, 7) is 2.80. The monoisotopic (exact) mass is 255 g/mol. The Bertz CT molecular complexity index is 382. The largest absolute Gasteiger partial charge is 0.309 e. The Balaban J connectivity index is 2.60. The van der Waals surface area contributed by atoms with E-state index in [1.807, 2.05) is 12.1 Å². The maximum atomic E-state index is 6.08. The van der Waals surface area contributed by atoms with Crippen molar-refractivity contribution in [2.75, 3.05) is 0 Å². The number of hydrogen-bond donors (Lipinski definition) is 1. The Labute approximate surface area is 107 Å². The third kappa shape index (κ3) is 3.72. The highest BCUT2D eigenvalue weighted by Gasteiger charge is 2.07. The van der Waals surface area contributed by atoms with Crippen LogP contribution in [0.3, 0.4) is 0 Å². The maximum Gasteiger partial charge on any atom is 0.0637 e. The van der Waals surface area contributed by atoms with Crippen molar-refractivity contribution in [2.45, 2.75) is 32.4 Å². The van der Waals surface area contributed by atoms with Gasteiger partial charge in [-0.1, -0.05) is 42.3 Å². The Morgan fingerprint density at radius 1 is 1.44 bits per heavy atom. The van der Waals surface area contributed by atoms with Crippen molar-refractivity contribution in [2.24, 2.45) is 0 Å². The van der Waals surface area contributed by atoms with E-state index in [-0.39, 0.29) is 0 Å². The average Bonchev–Trinajstić information content (AvgIpc) is 2.29. The zero-order valence-corrected chi connectivity index (χ0v) is 10.8. The van der Waals surface area contributed by atoms with Crippen molar-refractivity contribution in [3.05, 3.63) is 33.8 Å². The molecule has 0 aromatic heterocycles. The Morgan fingerprint density at radius 2 is 2.19 bits per heavy atom. The molecule has 0 fully saturated rings. The van der Waals surface area contributed by atoms with Gasteiger partial charge in [0.05, 0.1) is 10.0 Å². The van der Waals surface area contributed by atoms with E-state index in [4.69, 9.17) is 29.6 Å². The van der Waals surface area contributed by atoms with Crippen LogP contribution < -0.4 is 5.32 Å². The van der Waals surface area contributed by atoms with Crippen molar-refractivity contribution in [3.8, 4) is 12.3 Å². The normalized spacial score (nSPS) is 12.1. The van der Waals surface area contributed by atoms with Crippen LogP contribution in [0.25, 0.3) is 0 Å². The number of terminal acetylenes is 1. The molecule has 0 saturated carbocycles. The molecule has 1 N–H and O–H groups in total. The van der Waals surface area contributed by atoms with E-state index < -0.39 is 0 Å². The first-order valence-electron chi connectivity index (χ1n) is 5.28. The maximum absolute atomic E-state index is 6.08. The molecule has 1 aromatic rings. The average molecular weight is 256 g/mol. The van der Waals surface area contributed by atoms with Gasteiger partial charge in [0.2, 0.25) is 0 Å². The molecule has 16 heavy (non-hydrogen) atoms. The molecule has 86 valence electrons. The van der Waals surface area contributed by atoms with Crippen LogP contribution in [0, 0.1) is 12.3 Å². The van der Waals surface area contributed by atoms with Gasteiger partial charge >= 0.3 is 0 Å². The lowest BCUT2D eigenvalue weighted by molar-refractivity contribution is 0.507. The summed E-state index contributed by atoms with van der Waals surface area (Å²) in [6, 6.07) is 5.98. The molecular weight excluding hydrogens is 241 g/mol. The van der Waals surface area contributed by atoms with Crippen LogP contribution in [0.1, 0.15) is 25.3 Å². The van der Waals surface area contributed by atoms with Crippen molar-refractivity contribution in [1.82, 2.24) is 5.32 Å². The highest BCUT2D eigenvalue weighted by Crippen LogP contribution is 2.25. The minimum atomic E-state index is 0.333. The summed E-state index contributed by atoms with van der Waals surface area (Å²) in [5, 5.41) is 4.58. The van der Waals surface area contributed by atoms with Gasteiger partial charge in [0.25, 0.3) is 0 Å². The molecule has 0 saturated heterocycles. The van der Waals surface area contributed by atoms with Crippen molar-refractivity contribution >= 4 is 23.2 Å². The molecule has 3 heteroatoms. The molecule has 0 heterocycles. The molecule has 0 bridgehead atoms. The molecule has 1 rings (SSSR count). The summed E-state index contributed by atoms with van der Waals surface area (Å²) in [4.78, 5) is 0. The van der Waals surface area contributed by atoms with E-state index in [1.54, 1.807) is 6.07 Å². The zero-order chi connectivity index (χ0) is 12.0. The predicted molar refractivity (Wildman–Crippen MR) is 70.8 cm³/mol. The van der Waals surface area contributed by atoms with Gasteiger partial charge in [0.15, 0.2) is 0 Å². The Morgan fingerprint density at radius 3 is 2.81 bits per heavy atom. The lowest BCUT2D eigenvalue weighted by atomic mass is 10.1. The summed E-state index contributed by atoms with van der Waals surface area (Å²) < 4.78 is 0. The molecule has 1 atom stereocenters. The highest BCUT2D eigenvalue weighted by molar-refractivity contribution is 6.42. The molecule has 0 aliphatic carbocycles. The second-order valence-electron chi connectivity index (χ2n) is 3.61. The van der Waals surface area contributed by atoms with Crippen LogP contribution in [-0.2, 0) is 6.54 Å². The third-order valence-corrected chi connectivity index (χ3v) is 3.33. The van der Waals surface area contributed by atoms with Gasteiger partial charge in [-0.25, -0.2) is 0 Å². The number of benzene rings is 1. The van der Waals surface area contributed by atoms with Gasteiger partial charge < -0.3 is 5.32 Å².